The summed E-state index contributed by atoms with van der Waals surface area (Å²) < 4.78 is 2.08. The van der Waals surface area contributed by atoms with Gasteiger partial charge in [-0.3, -0.25) is 4.79 Å². The number of ketones is 1. The number of rotatable bonds is 3. The van der Waals surface area contributed by atoms with Crippen LogP contribution in [-0.4, -0.2) is 20.5 Å². The van der Waals surface area contributed by atoms with Gasteiger partial charge < -0.3 is 0 Å². The van der Waals surface area contributed by atoms with Gasteiger partial charge in [-0.15, -0.1) is 16.4 Å². The summed E-state index contributed by atoms with van der Waals surface area (Å²) in [7, 11) is 0. The van der Waals surface area contributed by atoms with E-state index in [4.69, 9.17) is 28.5 Å². The van der Waals surface area contributed by atoms with E-state index in [9.17, 15) is 4.79 Å². The maximum absolute atomic E-state index is 11.8. The molecule has 0 aromatic carbocycles. The minimum Gasteiger partial charge on any atom is -0.292 e. The van der Waals surface area contributed by atoms with E-state index in [1.165, 1.54) is 17.1 Å². The van der Waals surface area contributed by atoms with Crippen LogP contribution in [0, 0.1) is 11.3 Å². The Balaban J connectivity index is 2.17. The molecular weight excluding hydrogens is 283 g/mol. The van der Waals surface area contributed by atoms with Gasteiger partial charge in [-0.25, -0.2) is 9.67 Å². The van der Waals surface area contributed by atoms with Crippen LogP contribution in [0.5, 0.6) is 0 Å². The number of hydrogen-bond acceptors (Lipinski definition) is 5. The monoisotopic (exact) mass is 286 g/mol. The Bertz CT molecular complexity index is 613. The lowest BCUT2D eigenvalue weighted by atomic mass is 10.2. The van der Waals surface area contributed by atoms with Crippen LogP contribution in [0.25, 0.3) is 0 Å². The zero-order chi connectivity index (χ0) is 12.4. The van der Waals surface area contributed by atoms with E-state index >= 15 is 0 Å². The SMILES string of the molecule is N#Cc1ncn(CC(=O)c2cc(Cl)sc2Cl)n1. The first-order valence-corrected chi connectivity index (χ1v) is 5.95. The first-order chi connectivity index (χ1) is 8.10. The number of hydrogen-bond donors (Lipinski definition) is 0. The lowest BCUT2D eigenvalue weighted by Gasteiger charge is -1.98. The first-order valence-electron chi connectivity index (χ1n) is 4.37. The molecule has 0 unspecified atom stereocenters. The Labute approximate surface area is 110 Å². The molecule has 0 saturated heterocycles. The van der Waals surface area contributed by atoms with Crippen molar-refractivity contribution >= 4 is 40.3 Å². The molecule has 0 radical (unpaired) electrons. The summed E-state index contributed by atoms with van der Waals surface area (Å²) >= 11 is 12.7. The quantitative estimate of drug-likeness (QED) is 0.813. The summed E-state index contributed by atoms with van der Waals surface area (Å²) in [5.41, 5.74) is 0.357. The number of nitrogens with zero attached hydrogens (tertiary/aromatic N) is 4. The highest BCUT2D eigenvalue weighted by molar-refractivity contribution is 7.20. The third-order valence-corrected chi connectivity index (χ3v) is 3.39. The van der Waals surface area contributed by atoms with Crippen LogP contribution >= 0.6 is 34.5 Å². The molecule has 0 atom stereocenters. The Kier molecular flexibility index (Phi) is 3.43. The van der Waals surface area contributed by atoms with Gasteiger partial charge in [-0.2, -0.15) is 5.26 Å². The number of thiophene rings is 1. The van der Waals surface area contributed by atoms with Gasteiger partial charge in [0.15, 0.2) is 5.78 Å². The number of nitriles is 1. The molecule has 0 amide bonds. The van der Waals surface area contributed by atoms with E-state index in [0.717, 1.165) is 11.3 Å². The maximum atomic E-state index is 11.8. The number of Topliss-reactive ketones (excluding diaryl/α,β-unsaturated/α-hetero) is 1. The van der Waals surface area contributed by atoms with Gasteiger partial charge in [0.05, 0.1) is 9.90 Å². The molecule has 86 valence electrons. The van der Waals surface area contributed by atoms with Crippen molar-refractivity contribution in [3.05, 3.63) is 32.5 Å². The molecule has 17 heavy (non-hydrogen) atoms. The van der Waals surface area contributed by atoms with E-state index in [2.05, 4.69) is 10.1 Å². The summed E-state index contributed by atoms with van der Waals surface area (Å²) in [5.74, 6) is -0.209. The van der Waals surface area contributed by atoms with Gasteiger partial charge >= 0.3 is 0 Å². The average molecular weight is 287 g/mol. The molecule has 0 N–H and O–H groups in total. The minimum absolute atomic E-state index is 0.0206. The molecule has 0 bridgehead atoms. The molecule has 5 nitrogen and oxygen atoms in total. The zero-order valence-corrected chi connectivity index (χ0v) is 10.6. The summed E-state index contributed by atoms with van der Waals surface area (Å²) in [6.07, 6.45) is 1.32. The Morgan fingerprint density at radius 3 is 2.88 bits per heavy atom. The summed E-state index contributed by atoms with van der Waals surface area (Å²) in [6.45, 7) is -0.0263. The highest BCUT2D eigenvalue weighted by Crippen LogP contribution is 2.31. The van der Waals surface area contributed by atoms with Crippen molar-refractivity contribution in [3.63, 3.8) is 0 Å². The molecule has 8 heteroatoms. The number of carbonyl (C=O) groups is 1. The second kappa shape index (κ2) is 4.84. The highest BCUT2D eigenvalue weighted by Gasteiger charge is 2.15. The van der Waals surface area contributed by atoms with Gasteiger partial charge in [-0.1, -0.05) is 23.2 Å². The van der Waals surface area contributed by atoms with Crippen LogP contribution in [-0.2, 0) is 6.54 Å². The van der Waals surface area contributed by atoms with Crippen LogP contribution < -0.4 is 0 Å². The molecule has 2 aromatic rings. The fraction of sp³-hybridized carbons (Fsp3) is 0.111. The number of carbonyl (C=O) groups excluding carboxylic acids is 1. The van der Waals surface area contributed by atoms with Crippen molar-refractivity contribution in [1.29, 1.82) is 5.26 Å². The molecule has 2 rings (SSSR count). The van der Waals surface area contributed by atoms with Gasteiger partial charge in [0, 0.05) is 0 Å². The van der Waals surface area contributed by atoms with Gasteiger partial charge in [0.25, 0.3) is 5.82 Å². The van der Waals surface area contributed by atoms with E-state index < -0.39 is 0 Å². The van der Waals surface area contributed by atoms with Crippen LogP contribution in [0.3, 0.4) is 0 Å². The molecule has 0 aliphatic rings. The standard InChI is InChI=1S/C9H4Cl2N4OS/c10-7-1-5(9(11)17-7)6(16)3-15-4-13-8(2-12)14-15/h1,4H,3H2. The molecule has 0 spiro atoms. The van der Waals surface area contributed by atoms with Crippen molar-refractivity contribution < 1.29 is 4.79 Å². The summed E-state index contributed by atoms with van der Waals surface area (Å²) in [5, 5.41) is 12.3. The molecule has 0 aliphatic carbocycles. The number of halogens is 2. The molecule has 2 heterocycles. The molecule has 2 aromatic heterocycles. The van der Waals surface area contributed by atoms with Gasteiger partial charge in [-0.05, 0) is 6.07 Å². The predicted octanol–water partition coefficient (Wildman–Crippen LogP) is 2.40. The van der Waals surface area contributed by atoms with Gasteiger partial charge in [0.1, 0.15) is 23.3 Å². The van der Waals surface area contributed by atoms with Crippen LogP contribution in [0.2, 0.25) is 8.67 Å². The molecule has 0 aliphatic heterocycles. The van der Waals surface area contributed by atoms with Crippen LogP contribution in [0.4, 0.5) is 0 Å². The first kappa shape index (κ1) is 12.0. The fourth-order valence-electron chi connectivity index (χ4n) is 1.18. The Morgan fingerprint density at radius 1 is 1.59 bits per heavy atom. The third-order valence-electron chi connectivity index (χ3n) is 1.90. The lowest BCUT2D eigenvalue weighted by Crippen LogP contribution is -2.10. The van der Waals surface area contributed by atoms with Gasteiger partial charge in [0.2, 0.25) is 0 Å². The number of aromatic nitrogens is 3. The second-order valence-corrected chi connectivity index (χ2v) is 5.32. The van der Waals surface area contributed by atoms with Crippen LogP contribution in [0.1, 0.15) is 16.2 Å². The topological polar surface area (TPSA) is 71.6 Å². The molecule has 0 fully saturated rings. The smallest absolute Gasteiger partial charge is 0.252 e. The van der Waals surface area contributed by atoms with E-state index in [-0.39, 0.29) is 18.2 Å². The molecular formula is C9H4Cl2N4OS. The minimum atomic E-state index is -0.229. The van der Waals surface area contributed by atoms with Crippen LogP contribution in [0.15, 0.2) is 12.4 Å². The van der Waals surface area contributed by atoms with E-state index in [1.54, 1.807) is 6.07 Å². The highest BCUT2D eigenvalue weighted by atomic mass is 35.5. The van der Waals surface area contributed by atoms with E-state index in [1.807, 2.05) is 0 Å². The normalized spacial score (nSPS) is 10.2. The van der Waals surface area contributed by atoms with Crippen molar-refractivity contribution in [3.8, 4) is 6.07 Å². The zero-order valence-electron chi connectivity index (χ0n) is 8.22. The third kappa shape index (κ3) is 2.64. The largest absolute Gasteiger partial charge is 0.292 e. The van der Waals surface area contributed by atoms with Crippen molar-refractivity contribution in [2.75, 3.05) is 0 Å². The average Bonchev–Trinajstić information content (AvgIpc) is 2.85. The van der Waals surface area contributed by atoms with Crippen molar-refractivity contribution in [2.24, 2.45) is 0 Å². The molecule has 0 saturated carbocycles. The van der Waals surface area contributed by atoms with Crippen molar-refractivity contribution in [2.45, 2.75) is 6.54 Å². The fourth-order valence-corrected chi connectivity index (χ4v) is 2.68. The lowest BCUT2D eigenvalue weighted by molar-refractivity contribution is 0.0968. The Hall–Kier alpha value is -1.42. The predicted molar refractivity (Wildman–Crippen MR) is 63.4 cm³/mol. The summed E-state index contributed by atoms with van der Waals surface area (Å²) in [4.78, 5) is 15.5. The van der Waals surface area contributed by atoms with E-state index in [0.29, 0.717) is 14.2 Å². The Morgan fingerprint density at radius 2 is 2.35 bits per heavy atom. The summed E-state index contributed by atoms with van der Waals surface area (Å²) in [6, 6.07) is 3.29. The maximum Gasteiger partial charge on any atom is 0.252 e. The second-order valence-electron chi connectivity index (χ2n) is 3.04. The van der Waals surface area contributed by atoms with Crippen molar-refractivity contribution in [1.82, 2.24) is 14.8 Å².